The van der Waals surface area contributed by atoms with Gasteiger partial charge in [0.1, 0.15) is 0 Å². The van der Waals surface area contributed by atoms with E-state index in [9.17, 15) is 13.2 Å². The summed E-state index contributed by atoms with van der Waals surface area (Å²) < 4.78 is 25.2. The van der Waals surface area contributed by atoms with Gasteiger partial charge in [0.15, 0.2) is 0 Å². The Hall–Kier alpha value is -1.40. The maximum Gasteiger partial charge on any atom is 0.303 e. The molecule has 0 aliphatic carbocycles. The molecule has 1 aromatic rings. The summed E-state index contributed by atoms with van der Waals surface area (Å²) in [4.78, 5) is 10.4. The van der Waals surface area contributed by atoms with Crippen LogP contribution in [0.5, 0.6) is 0 Å². The Balaban J connectivity index is 2.59. The van der Waals surface area contributed by atoms with E-state index in [-0.39, 0.29) is 18.6 Å². The highest BCUT2D eigenvalue weighted by Gasteiger charge is 2.18. The highest BCUT2D eigenvalue weighted by molar-refractivity contribution is 7.89. The summed E-state index contributed by atoms with van der Waals surface area (Å²) in [6.45, 7) is 2.37. The molecule has 0 radical (unpaired) electrons. The van der Waals surface area contributed by atoms with Crippen molar-refractivity contribution in [2.24, 2.45) is 0 Å². The van der Waals surface area contributed by atoms with Crippen LogP contribution >= 0.6 is 0 Å². The van der Waals surface area contributed by atoms with Gasteiger partial charge in [-0.3, -0.25) is 4.79 Å². The molecule has 0 atom stereocenters. The Morgan fingerprint density at radius 3 is 2.25 bits per heavy atom. The van der Waals surface area contributed by atoms with E-state index in [1.54, 1.807) is 0 Å². The molecule has 0 unspecified atom stereocenters. The van der Waals surface area contributed by atoms with Crippen LogP contribution in [-0.4, -0.2) is 36.6 Å². The summed E-state index contributed by atoms with van der Waals surface area (Å²) in [5.41, 5.74) is 2.13. The molecule has 0 fully saturated rings. The van der Waals surface area contributed by atoms with Crippen LogP contribution in [0.2, 0.25) is 0 Å². The number of benzene rings is 1. The molecule has 6 heteroatoms. The molecule has 112 valence electrons. The van der Waals surface area contributed by atoms with Gasteiger partial charge >= 0.3 is 5.97 Å². The smallest absolute Gasteiger partial charge is 0.303 e. The molecule has 0 aliphatic rings. The minimum atomic E-state index is -3.40. The number of hydrogen-bond acceptors (Lipinski definition) is 3. The molecular formula is C14H21NO4S. The second-order valence-corrected chi connectivity index (χ2v) is 6.93. The molecule has 0 saturated carbocycles. The predicted octanol–water partition coefficient (Wildman–Crippen LogP) is 1.88. The van der Waals surface area contributed by atoms with Crippen LogP contribution < -0.4 is 0 Å². The third kappa shape index (κ3) is 5.30. The number of hydrogen-bond donors (Lipinski definition) is 1. The number of nitrogens with zero attached hydrogens (tertiary/aromatic N) is 1. The van der Waals surface area contributed by atoms with Crippen LogP contribution in [0.3, 0.4) is 0 Å². The lowest BCUT2D eigenvalue weighted by Gasteiger charge is -2.17. The molecule has 0 aromatic heterocycles. The molecule has 0 heterocycles. The van der Waals surface area contributed by atoms with Gasteiger partial charge in [0, 0.05) is 20.0 Å². The van der Waals surface area contributed by atoms with Gasteiger partial charge < -0.3 is 5.11 Å². The molecule has 20 heavy (non-hydrogen) atoms. The van der Waals surface area contributed by atoms with Gasteiger partial charge in [0.05, 0.1) is 5.75 Å². The van der Waals surface area contributed by atoms with Crippen LogP contribution in [0.15, 0.2) is 24.3 Å². The number of carbonyl (C=O) groups is 1. The number of rotatable bonds is 8. The standard InChI is InChI=1S/C14H21NO4S/c1-3-12-6-8-13(9-7-12)11-15(2)20(18,19)10-4-5-14(16)17/h6-9H,3-5,10-11H2,1-2H3,(H,16,17). The first-order valence-corrected chi connectivity index (χ1v) is 8.19. The first-order chi connectivity index (χ1) is 9.35. The molecule has 1 N–H and O–H groups in total. The second-order valence-electron chi connectivity index (χ2n) is 4.74. The van der Waals surface area contributed by atoms with Gasteiger partial charge in [-0.2, -0.15) is 0 Å². The third-order valence-electron chi connectivity index (χ3n) is 3.10. The van der Waals surface area contributed by atoms with Crippen LogP contribution in [0.4, 0.5) is 0 Å². The van der Waals surface area contributed by atoms with Crippen molar-refractivity contribution in [3.8, 4) is 0 Å². The fraction of sp³-hybridized carbons (Fsp3) is 0.500. The number of aryl methyl sites for hydroxylation is 1. The quantitative estimate of drug-likeness (QED) is 0.795. The van der Waals surface area contributed by atoms with Crippen LogP contribution in [-0.2, 0) is 27.8 Å². The Labute approximate surface area is 120 Å². The summed E-state index contributed by atoms with van der Waals surface area (Å²) in [7, 11) is -1.88. The van der Waals surface area contributed by atoms with Crippen LogP contribution in [0.1, 0.15) is 30.9 Å². The van der Waals surface area contributed by atoms with E-state index >= 15 is 0 Å². The van der Waals surface area contributed by atoms with Crippen LogP contribution in [0.25, 0.3) is 0 Å². The maximum absolute atomic E-state index is 12.0. The molecule has 0 bridgehead atoms. The number of aliphatic carboxylic acids is 1. The molecule has 1 aromatic carbocycles. The first-order valence-electron chi connectivity index (χ1n) is 6.58. The molecule has 0 amide bonds. The summed E-state index contributed by atoms with van der Waals surface area (Å²) in [6.07, 6.45) is 0.957. The minimum absolute atomic E-state index is 0.127. The molecule has 0 saturated heterocycles. The average molecular weight is 299 g/mol. The van der Waals surface area contributed by atoms with E-state index in [1.165, 1.54) is 16.9 Å². The Morgan fingerprint density at radius 2 is 1.75 bits per heavy atom. The number of carboxylic acid groups (broad SMARTS) is 1. The van der Waals surface area contributed by atoms with Crippen molar-refractivity contribution in [1.29, 1.82) is 0 Å². The van der Waals surface area contributed by atoms with E-state index in [0.29, 0.717) is 6.54 Å². The van der Waals surface area contributed by atoms with Crippen molar-refractivity contribution >= 4 is 16.0 Å². The van der Waals surface area contributed by atoms with Crippen molar-refractivity contribution in [1.82, 2.24) is 4.31 Å². The summed E-state index contributed by atoms with van der Waals surface area (Å²) in [5, 5.41) is 8.53. The molecule has 1 rings (SSSR count). The van der Waals surface area contributed by atoms with Gasteiger partial charge in [-0.1, -0.05) is 31.2 Å². The maximum atomic E-state index is 12.0. The predicted molar refractivity (Wildman–Crippen MR) is 77.9 cm³/mol. The Morgan fingerprint density at radius 1 is 1.20 bits per heavy atom. The van der Waals surface area contributed by atoms with Crippen molar-refractivity contribution in [3.63, 3.8) is 0 Å². The lowest BCUT2D eigenvalue weighted by molar-refractivity contribution is -0.137. The SMILES string of the molecule is CCc1ccc(CN(C)S(=O)(=O)CCCC(=O)O)cc1. The van der Waals surface area contributed by atoms with Crippen molar-refractivity contribution < 1.29 is 18.3 Å². The van der Waals surface area contributed by atoms with Gasteiger partial charge in [-0.05, 0) is 24.0 Å². The average Bonchev–Trinajstić information content (AvgIpc) is 2.38. The number of sulfonamides is 1. The molecule has 0 aliphatic heterocycles. The highest BCUT2D eigenvalue weighted by Crippen LogP contribution is 2.11. The van der Waals surface area contributed by atoms with Crippen LogP contribution in [0, 0.1) is 0 Å². The second kappa shape index (κ2) is 7.40. The topological polar surface area (TPSA) is 74.7 Å². The summed E-state index contributed by atoms with van der Waals surface area (Å²) >= 11 is 0. The lowest BCUT2D eigenvalue weighted by atomic mass is 10.1. The zero-order valence-electron chi connectivity index (χ0n) is 11.9. The van der Waals surface area contributed by atoms with Gasteiger partial charge in [0.2, 0.25) is 10.0 Å². The van der Waals surface area contributed by atoms with E-state index in [1.807, 2.05) is 24.3 Å². The van der Waals surface area contributed by atoms with E-state index in [0.717, 1.165) is 12.0 Å². The molecule has 5 nitrogen and oxygen atoms in total. The zero-order chi connectivity index (χ0) is 15.2. The fourth-order valence-corrected chi connectivity index (χ4v) is 2.96. The van der Waals surface area contributed by atoms with Crippen molar-refractivity contribution in [2.75, 3.05) is 12.8 Å². The Kier molecular flexibility index (Phi) is 6.16. The summed E-state index contributed by atoms with van der Waals surface area (Å²) in [5.74, 6) is -1.11. The zero-order valence-corrected chi connectivity index (χ0v) is 12.7. The largest absolute Gasteiger partial charge is 0.481 e. The normalized spacial score (nSPS) is 11.8. The van der Waals surface area contributed by atoms with Gasteiger partial charge in [-0.25, -0.2) is 12.7 Å². The monoisotopic (exact) mass is 299 g/mol. The van der Waals surface area contributed by atoms with E-state index in [2.05, 4.69) is 6.92 Å². The molecular weight excluding hydrogens is 278 g/mol. The summed E-state index contributed by atoms with van der Waals surface area (Å²) in [6, 6.07) is 7.81. The highest BCUT2D eigenvalue weighted by atomic mass is 32.2. The lowest BCUT2D eigenvalue weighted by Crippen LogP contribution is -2.29. The first kappa shape index (κ1) is 16.7. The Bertz CT molecular complexity index is 537. The molecule has 0 spiro atoms. The van der Waals surface area contributed by atoms with Crippen molar-refractivity contribution in [3.05, 3.63) is 35.4 Å². The van der Waals surface area contributed by atoms with Crippen molar-refractivity contribution in [2.45, 2.75) is 32.7 Å². The third-order valence-corrected chi connectivity index (χ3v) is 4.99. The minimum Gasteiger partial charge on any atom is -0.481 e. The fourth-order valence-electron chi connectivity index (χ4n) is 1.80. The van der Waals surface area contributed by atoms with Gasteiger partial charge in [-0.15, -0.1) is 0 Å². The van der Waals surface area contributed by atoms with E-state index in [4.69, 9.17) is 5.11 Å². The van der Waals surface area contributed by atoms with Gasteiger partial charge in [0.25, 0.3) is 0 Å². The number of carboxylic acids is 1. The van der Waals surface area contributed by atoms with E-state index < -0.39 is 16.0 Å².